The Bertz CT molecular complexity index is 728. The summed E-state index contributed by atoms with van der Waals surface area (Å²) in [5.74, 6) is 0.384. The summed E-state index contributed by atoms with van der Waals surface area (Å²) in [6, 6.07) is 14.9. The van der Waals surface area contributed by atoms with Gasteiger partial charge >= 0.3 is 0 Å². The van der Waals surface area contributed by atoms with Crippen LogP contribution in [0.2, 0.25) is 0 Å². The van der Waals surface area contributed by atoms with Gasteiger partial charge in [0.15, 0.2) is 5.13 Å². The molecule has 0 bridgehead atoms. The molecular weight excluding hydrogens is 252 g/mol. The van der Waals surface area contributed by atoms with Crippen molar-refractivity contribution in [3.05, 3.63) is 48.2 Å². The molecule has 0 atom stereocenters. The molecular formula is C16H16N2S. The normalized spacial score (nSPS) is 11.3. The van der Waals surface area contributed by atoms with E-state index in [1.807, 2.05) is 0 Å². The van der Waals surface area contributed by atoms with Crippen LogP contribution in [0.3, 0.4) is 0 Å². The van der Waals surface area contributed by atoms with Crippen molar-refractivity contribution in [1.82, 2.24) is 4.98 Å². The van der Waals surface area contributed by atoms with Gasteiger partial charge in [-0.1, -0.05) is 61.6 Å². The molecule has 2 nitrogen and oxygen atoms in total. The van der Waals surface area contributed by atoms with Gasteiger partial charge in [0.1, 0.15) is 0 Å². The minimum atomic E-state index is 0.384. The molecule has 2 N–H and O–H groups in total. The number of fused-ring (bicyclic) bond motifs is 1. The summed E-state index contributed by atoms with van der Waals surface area (Å²) in [5.41, 5.74) is 8.17. The number of nitrogen functional groups attached to an aromatic ring is 1. The highest BCUT2D eigenvalue weighted by Gasteiger charge is 2.14. The Morgan fingerprint density at radius 1 is 1.05 bits per heavy atom. The fourth-order valence-corrected chi connectivity index (χ4v) is 3.26. The van der Waals surface area contributed by atoms with E-state index in [0.717, 1.165) is 5.69 Å². The lowest BCUT2D eigenvalue weighted by Crippen LogP contribution is -1.91. The molecule has 3 aromatic rings. The second-order valence-electron chi connectivity index (χ2n) is 4.98. The average molecular weight is 268 g/mol. The summed E-state index contributed by atoms with van der Waals surface area (Å²) in [4.78, 5) is 5.66. The van der Waals surface area contributed by atoms with Crippen molar-refractivity contribution >= 4 is 27.2 Å². The quantitative estimate of drug-likeness (QED) is 0.733. The number of thiazole rings is 1. The Balaban J connectivity index is 2.18. The summed E-state index contributed by atoms with van der Waals surface area (Å²) in [5, 5.41) is 3.16. The second-order valence-corrected chi connectivity index (χ2v) is 6.01. The Morgan fingerprint density at radius 2 is 1.79 bits per heavy atom. The summed E-state index contributed by atoms with van der Waals surface area (Å²) in [6.07, 6.45) is 0. The van der Waals surface area contributed by atoms with Crippen LogP contribution in [0.4, 0.5) is 5.13 Å². The van der Waals surface area contributed by atoms with E-state index in [1.54, 1.807) is 11.3 Å². The highest BCUT2D eigenvalue weighted by Crippen LogP contribution is 2.36. The lowest BCUT2D eigenvalue weighted by molar-refractivity contribution is 0.836. The maximum atomic E-state index is 5.87. The van der Waals surface area contributed by atoms with Crippen LogP contribution in [0, 0.1) is 0 Å². The maximum absolute atomic E-state index is 5.87. The zero-order valence-electron chi connectivity index (χ0n) is 11.1. The first kappa shape index (κ1) is 12.2. The predicted molar refractivity (Wildman–Crippen MR) is 83.6 cm³/mol. The summed E-state index contributed by atoms with van der Waals surface area (Å²) >= 11 is 1.57. The lowest BCUT2D eigenvalue weighted by Gasteiger charge is -2.06. The van der Waals surface area contributed by atoms with Crippen molar-refractivity contribution < 1.29 is 0 Å². The Hall–Kier alpha value is -1.87. The van der Waals surface area contributed by atoms with Crippen LogP contribution < -0.4 is 5.73 Å². The fourth-order valence-electron chi connectivity index (χ4n) is 2.28. The van der Waals surface area contributed by atoms with Crippen molar-refractivity contribution in [2.75, 3.05) is 5.73 Å². The first-order valence-corrected chi connectivity index (χ1v) is 7.22. The van der Waals surface area contributed by atoms with Crippen LogP contribution in [-0.2, 0) is 0 Å². The highest BCUT2D eigenvalue weighted by atomic mass is 32.1. The number of rotatable bonds is 2. The van der Waals surface area contributed by atoms with Crippen LogP contribution in [0.25, 0.3) is 21.2 Å². The van der Waals surface area contributed by atoms with Crippen molar-refractivity contribution in [2.45, 2.75) is 19.8 Å². The SMILES string of the molecule is CC(C)c1nc(N)sc1-c1ccc2ccccc2c1. The van der Waals surface area contributed by atoms with Crippen molar-refractivity contribution in [2.24, 2.45) is 0 Å². The number of anilines is 1. The minimum absolute atomic E-state index is 0.384. The van der Waals surface area contributed by atoms with E-state index in [4.69, 9.17) is 5.73 Å². The van der Waals surface area contributed by atoms with Crippen LogP contribution in [0.5, 0.6) is 0 Å². The number of hydrogen-bond acceptors (Lipinski definition) is 3. The molecule has 0 aliphatic rings. The molecule has 19 heavy (non-hydrogen) atoms. The Morgan fingerprint density at radius 3 is 2.53 bits per heavy atom. The molecule has 0 aliphatic carbocycles. The molecule has 2 aromatic carbocycles. The molecule has 0 spiro atoms. The molecule has 0 aliphatic heterocycles. The van der Waals surface area contributed by atoms with E-state index in [0.29, 0.717) is 11.0 Å². The van der Waals surface area contributed by atoms with Gasteiger partial charge < -0.3 is 5.73 Å². The van der Waals surface area contributed by atoms with Crippen LogP contribution >= 0.6 is 11.3 Å². The average Bonchev–Trinajstić information content (AvgIpc) is 2.80. The fraction of sp³-hybridized carbons (Fsp3) is 0.188. The van der Waals surface area contributed by atoms with Gasteiger partial charge in [0, 0.05) is 0 Å². The van der Waals surface area contributed by atoms with Crippen LogP contribution in [0.15, 0.2) is 42.5 Å². The number of benzene rings is 2. The molecule has 1 aromatic heterocycles. The van der Waals surface area contributed by atoms with Crippen molar-refractivity contribution in [1.29, 1.82) is 0 Å². The van der Waals surface area contributed by atoms with Crippen LogP contribution in [-0.4, -0.2) is 4.98 Å². The molecule has 1 heterocycles. The van der Waals surface area contributed by atoms with Gasteiger partial charge in [-0.05, 0) is 28.3 Å². The van der Waals surface area contributed by atoms with Gasteiger partial charge in [-0.15, -0.1) is 0 Å². The van der Waals surface area contributed by atoms with E-state index in [-0.39, 0.29) is 0 Å². The second kappa shape index (κ2) is 4.67. The first-order chi connectivity index (χ1) is 9.15. The third-order valence-electron chi connectivity index (χ3n) is 3.23. The summed E-state index contributed by atoms with van der Waals surface area (Å²) in [7, 11) is 0. The van der Waals surface area contributed by atoms with Gasteiger partial charge in [-0.25, -0.2) is 4.98 Å². The number of aromatic nitrogens is 1. The molecule has 96 valence electrons. The standard InChI is InChI=1S/C16H16N2S/c1-10(2)14-15(19-16(17)18-14)13-8-7-11-5-3-4-6-12(11)9-13/h3-10H,1-2H3,(H2,17,18). The van der Waals surface area contributed by atoms with E-state index in [9.17, 15) is 0 Å². The number of nitrogens with zero attached hydrogens (tertiary/aromatic N) is 1. The number of hydrogen-bond donors (Lipinski definition) is 1. The molecule has 0 radical (unpaired) electrons. The number of nitrogens with two attached hydrogens (primary N) is 1. The highest BCUT2D eigenvalue weighted by molar-refractivity contribution is 7.18. The molecule has 0 fully saturated rings. The lowest BCUT2D eigenvalue weighted by atomic mass is 10.0. The largest absolute Gasteiger partial charge is 0.375 e. The smallest absolute Gasteiger partial charge is 0.180 e. The Kier molecular flexibility index (Phi) is 2.99. The summed E-state index contributed by atoms with van der Waals surface area (Å²) < 4.78 is 0. The molecule has 3 rings (SSSR count). The van der Waals surface area contributed by atoms with Gasteiger partial charge in [0.2, 0.25) is 0 Å². The monoisotopic (exact) mass is 268 g/mol. The van der Waals surface area contributed by atoms with Gasteiger partial charge in [-0.3, -0.25) is 0 Å². The molecule has 0 saturated heterocycles. The van der Waals surface area contributed by atoms with E-state index in [2.05, 4.69) is 61.3 Å². The first-order valence-electron chi connectivity index (χ1n) is 6.40. The summed E-state index contributed by atoms with van der Waals surface area (Å²) in [6.45, 7) is 4.30. The molecule has 0 amide bonds. The van der Waals surface area contributed by atoms with E-state index >= 15 is 0 Å². The van der Waals surface area contributed by atoms with E-state index < -0.39 is 0 Å². The van der Waals surface area contributed by atoms with Crippen molar-refractivity contribution in [3.63, 3.8) is 0 Å². The zero-order chi connectivity index (χ0) is 13.4. The third-order valence-corrected chi connectivity index (χ3v) is 4.18. The van der Waals surface area contributed by atoms with Gasteiger partial charge in [0.05, 0.1) is 10.6 Å². The third kappa shape index (κ3) is 2.22. The van der Waals surface area contributed by atoms with Crippen LogP contribution in [0.1, 0.15) is 25.5 Å². The molecule has 0 unspecified atom stereocenters. The Labute approximate surface area is 116 Å². The van der Waals surface area contributed by atoms with E-state index in [1.165, 1.54) is 21.2 Å². The topological polar surface area (TPSA) is 38.9 Å². The molecule has 0 saturated carbocycles. The van der Waals surface area contributed by atoms with Gasteiger partial charge in [-0.2, -0.15) is 0 Å². The maximum Gasteiger partial charge on any atom is 0.180 e. The minimum Gasteiger partial charge on any atom is -0.375 e. The van der Waals surface area contributed by atoms with Crippen molar-refractivity contribution in [3.8, 4) is 10.4 Å². The predicted octanol–water partition coefficient (Wildman–Crippen LogP) is 4.67. The molecule has 3 heteroatoms. The zero-order valence-corrected chi connectivity index (χ0v) is 11.9. The van der Waals surface area contributed by atoms with Gasteiger partial charge in [0.25, 0.3) is 0 Å².